The lowest BCUT2D eigenvalue weighted by molar-refractivity contribution is -0.122. The number of rotatable bonds is 10. The van der Waals surface area contributed by atoms with Crippen LogP contribution in [-0.4, -0.2) is 23.5 Å². The molecule has 94 valence electrons. The van der Waals surface area contributed by atoms with Gasteiger partial charge in [0.15, 0.2) is 0 Å². The summed E-state index contributed by atoms with van der Waals surface area (Å²) in [6.45, 7) is -0.00468. The lowest BCUT2D eigenvalue weighted by atomic mass is 9.97. The maximum absolute atomic E-state index is 10.9. The van der Waals surface area contributed by atoms with E-state index < -0.39 is 0 Å². The van der Waals surface area contributed by atoms with Crippen LogP contribution in [0.2, 0.25) is 0 Å². The number of aliphatic hydroxyl groups excluding tert-OH is 1. The molecule has 0 aliphatic carbocycles. The second kappa shape index (κ2) is 9.15. The summed E-state index contributed by atoms with van der Waals surface area (Å²) in [6, 6.07) is 0. The van der Waals surface area contributed by atoms with Crippen LogP contribution in [0.25, 0.3) is 0 Å². The van der Waals surface area contributed by atoms with Gasteiger partial charge in [0.2, 0.25) is 11.8 Å². The quantitative estimate of drug-likeness (QED) is 0.470. The van der Waals surface area contributed by atoms with Crippen LogP contribution < -0.4 is 11.5 Å². The maximum atomic E-state index is 10.9. The van der Waals surface area contributed by atoms with Crippen molar-refractivity contribution in [1.29, 1.82) is 0 Å². The highest BCUT2D eigenvalue weighted by Crippen LogP contribution is 2.14. The molecular weight excluding hydrogens is 208 g/mol. The number of hydrogen-bond acceptors (Lipinski definition) is 3. The Labute approximate surface area is 96.2 Å². The average Bonchev–Trinajstić information content (AvgIpc) is 2.20. The predicted molar refractivity (Wildman–Crippen MR) is 61.3 cm³/mol. The van der Waals surface area contributed by atoms with Crippen molar-refractivity contribution in [2.24, 2.45) is 17.4 Å². The first-order valence-electron chi connectivity index (χ1n) is 5.76. The van der Waals surface area contributed by atoms with Crippen molar-refractivity contribution >= 4 is 11.8 Å². The van der Waals surface area contributed by atoms with Crippen LogP contribution in [0.5, 0.6) is 0 Å². The molecule has 0 saturated carbocycles. The predicted octanol–water partition coefficient (Wildman–Crippen LogP) is 0.296. The number of hydrogen-bond donors (Lipinski definition) is 3. The average molecular weight is 230 g/mol. The Kier molecular flexibility index (Phi) is 8.52. The third-order valence-electron chi connectivity index (χ3n) is 2.61. The molecular formula is C11H22N2O3. The van der Waals surface area contributed by atoms with Gasteiger partial charge in [0.1, 0.15) is 0 Å². The third-order valence-corrected chi connectivity index (χ3v) is 2.61. The summed E-state index contributed by atoms with van der Waals surface area (Å²) in [5.74, 6) is -0.831. The molecule has 0 aliphatic heterocycles. The number of nitrogens with two attached hydrogens (primary N) is 2. The summed E-state index contributed by atoms with van der Waals surface area (Å²) < 4.78 is 0. The van der Waals surface area contributed by atoms with Gasteiger partial charge in [-0.1, -0.05) is 19.3 Å². The van der Waals surface area contributed by atoms with E-state index >= 15 is 0 Å². The minimum Gasteiger partial charge on any atom is -0.396 e. The fraction of sp³-hybridized carbons (Fsp3) is 0.818. The first-order chi connectivity index (χ1) is 7.57. The van der Waals surface area contributed by atoms with Crippen LogP contribution in [0.1, 0.15) is 44.9 Å². The molecule has 1 atom stereocenters. The van der Waals surface area contributed by atoms with Gasteiger partial charge in [-0.15, -0.1) is 0 Å². The zero-order chi connectivity index (χ0) is 12.4. The normalized spacial score (nSPS) is 12.3. The summed E-state index contributed by atoms with van der Waals surface area (Å²) in [7, 11) is 0. The smallest absolute Gasteiger partial charge is 0.220 e. The van der Waals surface area contributed by atoms with Gasteiger partial charge < -0.3 is 16.6 Å². The van der Waals surface area contributed by atoms with Gasteiger partial charge in [0, 0.05) is 18.9 Å². The van der Waals surface area contributed by atoms with E-state index in [2.05, 4.69) is 0 Å². The molecule has 2 amide bonds. The molecule has 5 nitrogen and oxygen atoms in total. The standard InChI is InChI=1S/C11H22N2O3/c12-10(15)6-4-2-1-3-5-9(7-8-14)11(13)16/h9,14H,1-8H2,(H2,12,15)(H2,13,16). The number of carbonyl (C=O) groups is 2. The molecule has 0 rings (SSSR count). The van der Waals surface area contributed by atoms with Crippen molar-refractivity contribution in [3.8, 4) is 0 Å². The number of amides is 2. The number of aliphatic hydroxyl groups is 1. The highest BCUT2D eigenvalue weighted by Gasteiger charge is 2.13. The monoisotopic (exact) mass is 230 g/mol. The van der Waals surface area contributed by atoms with Crippen molar-refractivity contribution < 1.29 is 14.7 Å². The van der Waals surface area contributed by atoms with Gasteiger partial charge in [-0.2, -0.15) is 0 Å². The second-order valence-electron chi connectivity index (χ2n) is 4.03. The lowest BCUT2D eigenvalue weighted by Crippen LogP contribution is -2.24. The molecule has 0 heterocycles. The fourth-order valence-electron chi connectivity index (χ4n) is 1.63. The van der Waals surface area contributed by atoms with Gasteiger partial charge in [0.25, 0.3) is 0 Å². The Morgan fingerprint density at radius 2 is 1.62 bits per heavy atom. The molecule has 0 aromatic carbocycles. The van der Waals surface area contributed by atoms with Crippen molar-refractivity contribution in [3.63, 3.8) is 0 Å². The third kappa shape index (κ3) is 8.23. The van der Waals surface area contributed by atoms with E-state index in [4.69, 9.17) is 16.6 Å². The number of carbonyl (C=O) groups excluding carboxylic acids is 2. The summed E-state index contributed by atoms with van der Waals surface area (Å²) in [4.78, 5) is 21.4. The Morgan fingerprint density at radius 1 is 1.00 bits per heavy atom. The Bertz CT molecular complexity index is 219. The number of primary amides is 2. The Balaban J connectivity index is 3.47. The van der Waals surface area contributed by atoms with Crippen LogP contribution in [-0.2, 0) is 9.59 Å². The van der Waals surface area contributed by atoms with Crippen molar-refractivity contribution in [2.75, 3.05) is 6.61 Å². The zero-order valence-corrected chi connectivity index (χ0v) is 9.65. The minimum atomic E-state index is -0.341. The first kappa shape index (κ1) is 14.9. The summed E-state index contributed by atoms with van der Waals surface area (Å²) >= 11 is 0. The molecule has 0 spiro atoms. The van der Waals surface area contributed by atoms with Crippen LogP contribution in [0.3, 0.4) is 0 Å². The largest absolute Gasteiger partial charge is 0.396 e. The Morgan fingerprint density at radius 3 is 2.12 bits per heavy atom. The van der Waals surface area contributed by atoms with Crippen LogP contribution in [0.15, 0.2) is 0 Å². The topological polar surface area (TPSA) is 106 Å². The lowest BCUT2D eigenvalue weighted by Gasteiger charge is -2.10. The van der Waals surface area contributed by atoms with E-state index in [9.17, 15) is 9.59 Å². The van der Waals surface area contributed by atoms with Gasteiger partial charge >= 0.3 is 0 Å². The second-order valence-corrected chi connectivity index (χ2v) is 4.03. The van der Waals surface area contributed by atoms with E-state index in [1.54, 1.807) is 0 Å². The van der Waals surface area contributed by atoms with Gasteiger partial charge in [-0.25, -0.2) is 0 Å². The van der Waals surface area contributed by atoms with Crippen molar-refractivity contribution in [1.82, 2.24) is 0 Å². The molecule has 0 bridgehead atoms. The fourth-order valence-corrected chi connectivity index (χ4v) is 1.63. The molecule has 0 radical (unpaired) electrons. The van der Waals surface area contributed by atoms with Crippen LogP contribution in [0, 0.1) is 5.92 Å². The molecule has 1 unspecified atom stereocenters. The van der Waals surface area contributed by atoms with E-state index in [1.165, 1.54) is 0 Å². The van der Waals surface area contributed by atoms with Gasteiger partial charge in [-0.05, 0) is 19.3 Å². The van der Waals surface area contributed by atoms with E-state index in [0.29, 0.717) is 19.3 Å². The molecule has 0 aliphatic rings. The zero-order valence-electron chi connectivity index (χ0n) is 9.65. The highest BCUT2D eigenvalue weighted by atomic mass is 16.3. The summed E-state index contributed by atoms with van der Waals surface area (Å²) in [6.07, 6.45) is 5.18. The van der Waals surface area contributed by atoms with E-state index in [0.717, 1.165) is 25.7 Å². The molecule has 16 heavy (non-hydrogen) atoms. The van der Waals surface area contributed by atoms with E-state index in [-0.39, 0.29) is 24.3 Å². The Hall–Kier alpha value is -1.10. The number of unbranched alkanes of at least 4 members (excludes halogenated alkanes) is 3. The molecule has 0 fully saturated rings. The SMILES string of the molecule is NC(=O)CCCCCCC(CCO)C(N)=O. The molecule has 5 N–H and O–H groups in total. The maximum Gasteiger partial charge on any atom is 0.220 e. The van der Waals surface area contributed by atoms with Gasteiger partial charge in [0.05, 0.1) is 0 Å². The molecule has 0 aromatic rings. The first-order valence-corrected chi connectivity index (χ1v) is 5.76. The summed E-state index contributed by atoms with van der Waals surface area (Å²) in [5, 5.41) is 8.73. The van der Waals surface area contributed by atoms with Crippen molar-refractivity contribution in [3.05, 3.63) is 0 Å². The van der Waals surface area contributed by atoms with Gasteiger partial charge in [-0.3, -0.25) is 9.59 Å². The van der Waals surface area contributed by atoms with E-state index in [1.807, 2.05) is 0 Å². The highest BCUT2D eigenvalue weighted by molar-refractivity contribution is 5.76. The minimum absolute atomic E-state index is 0.00468. The summed E-state index contributed by atoms with van der Waals surface area (Å²) in [5.41, 5.74) is 10.2. The van der Waals surface area contributed by atoms with Crippen LogP contribution >= 0.6 is 0 Å². The van der Waals surface area contributed by atoms with Crippen molar-refractivity contribution in [2.45, 2.75) is 44.9 Å². The molecule has 0 saturated heterocycles. The molecule has 5 heteroatoms. The van der Waals surface area contributed by atoms with Crippen LogP contribution in [0.4, 0.5) is 0 Å². The molecule has 0 aromatic heterocycles.